The number of nitrogens with zero attached hydrogens (tertiary/aromatic N) is 3. The van der Waals surface area contributed by atoms with Gasteiger partial charge in [-0.2, -0.15) is 0 Å². The van der Waals surface area contributed by atoms with Crippen LogP contribution in [0.2, 0.25) is 0 Å². The molecule has 1 N–H and O–H groups in total. The fourth-order valence-corrected chi connectivity index (χ4v) is 0.666. The summed E-state index contributed by atoms with van der Waals surface area (Å²) in [6.45, 7) is 0. The molecule has 1 aromatic heterocycles. The molecular formula is C3H3N3OS. The Balaban J connectivity index is 2.77. The number of hydrogen-bond donors (Lipinski definition) is 1. The summed E-state index contributed by atoms with van der Waals surface area (Å²) < 4.78 is 3.53. The van der Waals surface area contributed by atoms with Gasteiger partial charge in [-0.15, -0.1) is 5.10 Å². The minimum atomic E-state index is 0.743. The van der Waals surface area contributed by atoms with Crippen LogP contribution in [0.5, 0.6) is 0 Å². The Bertz CT molecular complexity index is 171. The van der Waals surface area contributed by atoms with Crippen LogP contribution >= 0.6 is 11.5 Å². The molecule has 0 saturated carbocycles. The Hall–Kier alpha value is -0.970. The molecule has 0 aliphatic heterocycles. The summed E-state index contributed by atoms with van der Waals surface area (Å²) in [5.41, 5.74) is 0. The largest absolute Gasteiger partial charge is 0.411 e. The van der Waals surface area contributed by atoms with Crippen molar-refractivity contribution in [3.63, 3.8) is 0 Å². The van der Waals surface area contributed by atoms with E-state index in [-0.39, 0.29) is 0 Å². The molecule has 0 amide bonds. The molecule has 42 valence electrons. The van der Waals surface area contributed by atoms with Gasteiger partial charge in [0.25, 0.3) is 0 Å². The smallest absolute Gasteiger partial charge is 0.0897 e. The Labute approximate surface area is 49.6 Å². The summed E-state index contributed by atoms with van der Waals surface area (Å²) in [6.07, 6.45) is 2.80. The SMILES string of the molecule is ON=Cc1cnns1. The maximum absolute atomic E-state index is 7.96. The lowest BCUT2D eigenvalue weighted by molar-refractivity contribution is 0.322. The Kier molecular flexibility index (Phi) is 1.53. The van der Waals surface area contributed by atoms with Gasteiger partial charge in [0.2, 0.25) is 0 Å². The van der Waals surface area contributed by atoms with Crippen LogP contribution in [0.4, 0.5) is 0 Å². The zero-order chi connectivity index (χ0) is 5.82. The normalized spacial score (nSPS) is 10.5. The van der Waals surface area contributed by atoms with Gasteiger partial charge >= 0.3 is 0 Å². The van der Waals surface area contributed by atoms with Crippen molar-refractivity contribution in [3.8, 4) is 0 Å². The highest BCUT2D eigenvalue weighted by molar-refractivity contribution is 7.07. The molecule has 0 aliphatic carbocycles. The lowest BCUT2D eigenvalue weighted by atomic mass is 10.6. The van der Waals surface area contributed by atoms with Gasteiger partial charge in [-0.1, -0.05) is 9.64 Å². The van der Waals surface area contributed by atoms with E-state index in [2.05, 4.69) is 14.7 Å². The van der Waals surface area contributed by atoms with Crippen molar-refractivity contribution in [1.29, 1.82) is 0 Å². The standard InChI is InChI=1S/C3H3N3OS/c7-5-2-3-1-4-6-8-3/h1-2,7H. The Morgan fingerprint density at radius 3 is 3.25 bits per heavy atom. The fraction of sp³-hybridized carbons (Fsp3) is 0. The second-order valence-electron chi connectivity index (χ2n) is 1.06. The first-order valence-corrected chi connectivity index (χ1v) is 2.65. The molecule has 5 heteroatoms. The Morgan fingerprint density at radius 1 is 1.88 bits per heavy atom. The maximum Gasteiger partial charge on any atom is 0.0897 e. The highest BCUT2D eigenvalue weighted by atomic mass is 32.1. The zero-order valence-corrected chi connectivity index (χ0v) is 4.67. The van der Waals surface area contributed by atoms with Gasteiger partial charge in [0.05, 0.1) is 17.3 Å². The van der Waals surface area contributed by atoms with Crippen molar-refractivity contribution in [2.24, 2.45) is 5.16 Å². The van der Waals surface area contributed by atoms with Gasteiger partial charge in [-0.25, -0.2) is 0 Å². The first-order valence-electron chi connectivity index (χ1n) is 1.88. The second-order valence-corrected chi connectivity index (χ2v) is 1.88. The fourth-order valence-electron chi connectivity index (χ4n) is 0.289. The molecule has 0 radical (unpaired) electrons. The quantitative estimate of drug-likeness (QED) is 0.338. The third kappa shape index (κ3) is 1.00. The van der Waals surface area contributed by atoms with E-state index in [1.165, 1.54) is 23.9 Å². The average Bonchev–Trinajstić information content (AvgIpc) is 2.19. The zero-order valence-electron chi connectivity index (χ0n) is 3.85. The molecule has 1 aromatic rings. The summed E-state index contributed by atoms with van der Waals surface area (Å²) in [5, 5.41) is 14.2. The van der Waals surface area contributed by atoms with E-state index in [4.69, 9.17) is 5.21 Å². The minimum absolute atomic E-state index is 0.743. The van der Waals surface area contributed by atoms with Crippen molar-refractivity contribution in [1.82, 2.24) is 9.59 Å². The van der Waals surface area contributed by atoms with Crippen molar-refractivity contribution in [3.05, 3.63) is 11.1 Å². The number of hydrogen-bond acceptors (Lipinski definition) is 5. The molecule has 0 spiro atoms. The molecule has 1 rings (SSSR count). The second kappa shape index (κ2) is 2.37. The van der Waals surface area contributed by atoms with E-state index < -0.39 is 0 Å². The first kappa shape index (κ1) is 5.17. The number of rotatable bonds is 1. The highest BCUT2D eigenvalue weighted by Crippen LogP contribution is 1.95. The molecular weight excluding hydrogens is 126 g/mol. The van der Waals surface area contributed by atoms with Crippen molar-refractivity contribution in [2.75, 3.05) is 0 Å². The van der Waals surface area contributed by atoms with E-state index in [9.17, 15) is 0 Å². The third-order valence-corrected chi connectivity index (χ3v) is 1.16. The average molecular weight is 129 g/mol. The van der Waals surface area contributed by atoms with Gasteiger partial charge < -0.3 is 5.21 Å². The predicted octanol–water partition coefficient (Wildman–Crippen LogP) is 0.346. The van der Waals surface area contributed by atoms with Crippen molar-refractivity contribution < 1.29 is 5.21 Å². The molecule has 8 heavy (non-hydrogen) atoms. The topological polar surface area (TPSA) is 58.4 Å². The van der Waals surface area contributed by atoms with Crippen LogP contribution in [0.3, 0.4) is 0 Å². The molecule has 0 aliphatic rings. The van der Waals surface area contributed by atoms with E-state index >= 15 is 0 Å². The predicted molar refractivity (Wildman–Crippen MR) is 29.3 cm³/mol. The number of oxime groups is 1. The van der Waals surface area contributed by atoms with Crippen LogP contribution in [-0.2, 0) is 0 Å². The minimum Gasteiger partial charge on any atom is -0.411 e. The molecule has 0 aromatic carbocycles. The van der Waals surface area contributed by atoms with E-state index in [1.807, 2.05) is 0 Å². The van der Waals surface area contributed by atoms with Crippen LogP contribution < -0.4 is 0 Å². The maximum atomic E-state index is 7.96. The van der Waals surface area contributed by atoms with Gasteiger partial charge in [0.1, 0.15) is 0 Å². The van der Waals surface area contributed by atoms with E-state index in [1.54, 1.807) is 0 Å². The van der Waals surface area contributed by atoms with Crippen LogP contribution in [0.25, 0.3) is 0 Å². The monoisotopic (exact) mass is 129 g/mol. The lowest BCUT2D eigenvalue weighted by Crippen LogP contribution is -1.68. The third-order valence-electron chi connectivity index (χ3n) is 0.563. The summed E-state index contributed by atoms with van der Waals surface area (Å²) >= 11 is 1.18. The molecule has 0 fully saturated rings. The van der Waals surface area contributed by atoms with Crippen LogP contribution in [0.15, 0.2) is 11.4 Å². The summed E-state index contributed by atoms with van der Waals surface area (Å²) in [6, 6.07) is 0. The van der Waals surface area contributed by atoms with Crippen LogP contribution in [0.1, 0.15) is 4.88 Å². The number of aromatic nitrogens is 2. The van der Waals surface area contributed by atoms with Crippen LogP contribution in [0, 0.1) is 0 Å². The lowest BCUT2D eigenvalue weighted by Gasteiger charge is -1.69. The molecule has 0 bridgehead atoms. The molecule has 0 saturated heterocycles. The first-order chi connectivity index (χ1) is 3.93. The Morgan fingerprint density at radius 2 is 2.75 bits per heavy atom. The van der Waals surface area contributed by atoms with Gasteiger partial charge in [0.15, 0.2) is 0 Å². The van der Waals surface area contributed by atoms with Crippen molar-refractivity contribution >= 4 is 17.7 Å². The van der Waals surface area contributed by atoms with Gasteiger partial charge in [0, 0.05) is 0 Å². The molecule has 4 nitrogen and oxygen atoms in total. The summed E-state index contributed by atoms with van der Waals surface area (Å²) in [7, 11) is 0. The summed E-state index contributed by atoms with van der Waals surface area (Å²) in [5.74, 6) is 0. The van der Waals surface area contributed by atoms with E-state index in [0.717, 1.165) is 4.88 Å². The van der Waals surface area contributed by atoms with E-state index in [0.29, 0.717) is 0 Å². The van der Waals surface area contributed by atoms with Crippen LogP contribution in [-0.4, -0.2) is 21.0 Å². The van der Waals surface area contributed by atoms with Gasteiger partial charge in [-0.3, -0.25) is 0 Å². The molecule has 0 unspecified atom stereocenters. The van der Waals surface area contributed by atoms with Gasteiger partial charge in [-0.05, 0) is 11.5 Å². The van der Waals surface area contributed by atoms with Crippen molar-refractivity contribution in [2.45, 2.75) is 0 Å². The summed E-state index contributed by atoms with van der Waals surface area (Å²) in [4.78, 5) is 0.743. The molecule has 0 atom stereocenters. The molecule has 1 heterocycles. The highest BCUT2D eigenvalue weighted by Gasteiger charge is 1.86.